The monoisotopic (exact) mass is 465 g/mol. The van der Waals surface area contributed by atoms with Crippen LogP contribution in [0.5, 0.6) is 0 Å². The van der Waals surface area contributed by atoms with Gasteiger partial charge in [-0.1, -0.05) is 0 Å². The van der Waals surface area contributed by atoms with Crippen molar-refractivity contribution in [2.75, 3.05) is 5.32 Å². The molecule has 30 heavy (non-hydrogen) atoms. The molecule has 1 fully saturated rings. The van der Waals surface area contributed by atoms with Crippen molar-refractivity contribution >= 4 is 42.2 Å². The van der Waals surface area contributed by atoms with Crippen molar-refractivity contribution in [1.29, 1.82) is 0 Å². The van der Waals surface area contributed by atoms with Gasteiger partial charge < -0.3 is 0 Å². The third-order valence-electron chi connectivity index (χ3n) is 5.93. The van der Waals surface area contributed by atoms with Crippen molar-refractivity contribution in [1.82, 2.24) is 4.90 Å². The van der Waals surface area contributed by atoms with Crippen LogP contribution in [0, 0.1) is 5.92 Å². The molecule has 2 aromatic carbocycles. The van der Waals surface area contributed by atoms with Crippen molar-refractivity contribution in [2.45, 2.75) is 52.1 Å². The number of Topliss-reactive ketones (excluding diaryl/α,β-unsaturated/α-hetero) is 1. The van der Waals surface area contributed by atoms with E-state index >= 15 is 0 Å². The van der Waals surface area contributed by atoms with Crippen LogP contribution in [0.3, 0.4) is 0 Å². The van der Waals surface area contributed by atoms with Crippen LogP contribution >= 0.6 is 0 Å². The molecular weight excluding hydrogens is 439 g/mol. The quantitative estimate of drug-likeness (QED) is 0.520. The molecule has 0 spiro atoms. The molecule has 1 aliphatic carbocycles. The van der Waals surface area contributed by atoms with Gasteiger partial charge in [-0.05, 0) is 6.92 Å². The van der Waals surface area contributed by atoms with Gasteiger partial charge >= 0.3 is 172 Å². The number of nitrogens with zero attached hydrogens (tertiary/aromatic N) is 1. The number of hydrogen-bond acceptors (Lipinski definition) is 3. The topological polar surface area (TPSA) is 66.5 Å². The molecule has 0 bridgehead atoms. The van der Waals surface area contributed by atoms with Gasteiger partial charge in [-0.25, -0.2) is 0 Å². The second-order valence-corrected chi connectivity index (χ2v) is 10.8. The Morgan fingerprint density at radius 3 is 2.40 bits per heavy atom. The Kier molecular flexibility index (Phi) is 6.38. The fourth-order valence-electron chi connectivity index (χ4n) is 4.23. The second-order valence-electron chi connectivity index (χ2n) is 8.23. The second kappa shape index (κ2) is 9.18. The predicted octanol–water partition coefficient (Wildman–Crippen LogP) is 3.87. The van der Waals surface area contributed by atoms with Crippen molar-refractivity contribution in [3.63, 3.8) is 0 Å². The molecule has 2 aliphatic rings. The molecule has 2 aromatic rings. The minimum atomic E-state index is -0.466. The van der Waals surface area contributed by atoms with E-state index in [1.807, 2.05) is 42.5 Å². The maximum atomic E-state index is 12.7. The van der Waals surface area contributed by atoms with Gasteiger partial charge in [-0.15, -0.1) is 0 Å². The van der Waals surface area contributed by atoms with Gasteiger partial charge in [0.1, 0.15) is 0 Å². The zero-order valence-corrected chi connectivity index (χ0v) is 19.1. The van der Waals surface area contributed by atoms with Gasteiger partial charge in [0.25, 0.3) is 0 Å². The number of rotatable bonds is 6. The van der Waals surface area contributed by atoms with Crippen molar-refractivity contribution in [3.05, 3.63) is 59.2 Å². The zero-order valence-electron chi connectivity index (χ0n) is 17.2. The van der Waals surface area contributed by atoms with Crippen LogP contribution in [0.4, 0.5) is 10.5 Å². The normalized spacial score (nSPS) is 16.2. The summed E-state index contributed by atoms with van der Waals surface area (Å²) in [6.07, 6.45) is 5.67. The predicted molar refractivity (Wildman–Crippen MR) is 118 cm³/mol. The first-order chi connectivity index (χ1) is 14.5. The van der Waals surface area contributed by atoms with E-state index in [-0.39, 0.29) is 11.8 Å². The number of benzene rings is 2. The summed E-state index contributed by atoms with van der Waals surface area (Å²) in [7, 11) is 0. The summed E-state index contributed by atoms with van der Waals surface area (Å²) < 4.78 is 1.48. The average molecular weight is 465 g/mol. The summed E-state index contributed by atoms with van der Waals surface area (Å²) in [5.41, 5.74) is 3.51. The molecule has 1 N–H and O–H groups in total. The van der Waals surface area contributed by atoms with Crippen LogP contribution in [0.1, 0.15) is 60.5 Å². The van der Waals surface area contributed by atoms with Crippen LogP contribution < -0.4 is 9.67 Å². The third-order valence-corrected chi connectivity index (χ3v) is 8.01. The zero-order chi connectivity index (χ0) is 21.1. The number of carbonyl (C=O) groups is 3. The summed E-state index contributed by atoms with van der Waals surface area (Å²) >= 11 is -0.466. The molecule has 5 nitrogen and oxygen atoms in total. The first kappa shape index (κ1) is 20.9. The molecule has 1 radical (unpaired) electrons. The third kappa shape index (κ3) is 5.01. The van der Waals surface area contributed by atoms with E-state index in [1.165, 1.54) is 25.7 Å². The van der Waals surface area contributed by atoms with Gasteiger partial charge in [0.05, 0.1) is 0 Å². The molecule has 6 heteroatoms. The van der Waals surface area contributed by atoms with E-state index in [9.17, 15) is 14.4 Å². The summed E-state index contributed by atoms with van der Waals surface area (Å²) in [5.74, 6) is 0.632. The SMILES string of the molecule is CC(=O)c1ccc2c(c1)CN(C(=O)Nc1ccc([As]C(=O)CC3CCCC3)cc1)C2. The molecule has 155 valence electrons. The molecular formula is C24H26AsN2O3. The molecule has 1 aliphatic heterocycles. The first-order valence-corrected chi connectivity index (χ1v) is 12.4. The number of anilines is 1. The van der Waals surface area contributed by atoms with Gasteiger partial charge in [0.15, 0.2) is 0 Å². The van der Waals surface area contributed by atoms with E-state index in [0.717, 1.165) is 27.6 Å². The Morgan fingerprint density at radius 1 is 1.00 bits per heavy atom. The van der Waals surface area contributed by atoms with Gasteiger partial charge in [-0.2, -0.15) is 0 Å². The Morgan fingerprint density at radius 2 is 1.70 bits per heavy atom. The summed E-state index contributed by atoms with van der Waals surface area (Å²) in [4.78, 5) is 38.3. The van der Waals surface area contributed by atoms with E-state index in [4.69, 9.17) is 0 Å². The molecule has 0 aromatic heterocycles. The molecule has 0 unspecified atom stereocenters. The Balaban J connectivity index is 1.30. The van der Waals surface area contributed by atoms with Crippen molar-refractivity contribution in [3.8, 4) is 0 Å². The molecule has 1 saturated carbocycles. The number of amides is 2. The van der Waals surface area contributed by atoms with E-state index in [0.29, 0.717) is 29.1 Å². The Bertz CT molecular complexity index is 965. The van der Waals surface area contributed by atoms with Crippen molar-refractivity contribution < 1.29 is 14.4 Å². The number of urea groups is 1. The van der Waals surface area contributed by atoms with Crippen molar-refractivity contribution in [2.24, 2.45) is 5.92 Å². The molecule has 0 saturated heterocycles. The minimum absolute atomic E-state index is 0.0323. The standard InChI is InChI=1S/C24H26AsN2O3/c1-16(28)18-6-7-19-14-27(15-20(19)13-18)24(30)26-22-10-8-21(9-11-22)25-23(29)12-17-4-2-3-5-17/h6-11,13,17H,2-5,12,14-15H2,1H3,(H,26,30). The average Bonchev–Trinajstić information content (AvgIpc) is 3.38. The van der Waals surface area contributed by atoms with Crippen LogP contribution in [-0.2, 0) is 17.9 Å². The maximum absolute atomic E-state index is 12.7. The van der Waals surface area contributed by atoms with E-state index in [1.54, 1.807) is 11.8 Å². The van der Waals surface area contributed by atoms with Crippen LogP contribution in [0.25, 0.3) is 0 Å². The number of hydrogen-bond donors (Lipinski definition) is 1. The van der Waals surface area contributed by atoms with Crippen LogP contribution in [-0.4, -0.2) is 37.0 Å². The van der Waals surface area contributed by atoms with E-state index < -0.39 is 15.8 Å². The molecule has 0 atom stereocenters. The molecule has 2 amide bonds. The number of nitrogens with one attached hydrogen (secondary N) is 1. The van der Waals surface area contributed by atoms with Crippen LogP contribution in [0.2, 0.25) is 0 Å². The summed E-state index contributed by atoms with van der Waals surface area (Å²) in [6.45, 7) is 2.59. The Labute approximate surface area is 183 Å². The molecule has 1 heterocycles. The Hall–Kier alpha value is -2.39. The molecule has 4 rings (SSSR count). The fourth-order valence-corrected chi connectivity index (χ4v) is 6.19. The number of carbonyl (C=O) groups excluding carboxylic acids is 3. The summed E-state index contributed by atoms with van der Waals surface area (Å²) in [6, 6.07) is 13.1. The van der Waals surface area contributed by atoms with Gasteiger partial charge in [-0.3, -0.25) is 4.79 Å². The summed E-state index contributed by atoms with van der Waals surface area (Å²) in [5, 5.41) is 2.94. The number of fused-ring (bicyclic) bond motifs is 1. The van der Waals surface area contributed by atoms with Gasteiger partial charge in [0.2, 0.25) is 0 Å². The van der Waals surface area contributed by atoms with E-state index in [2.05, 4.69) is 5.32 Å². The van der Waals surface area contributed by atoms with Gasteiger partial charge in [0, 0.05) is 0 Å². The number of ketones is 1. The first-order valence-electron chi connectivity index (χ1n) is 10.5. The van der Waals surface area contributed by atoms with Crippen LogP contribution in [0.15, 0.2) is 42.5 Å². The fraction of sp³-hybridized carbons (Fsp3) is 0.375.